The summed E-state index contributed by atoms with van der Waals surface area (Å²) in [6, 6.07) is 15.5. The minimum absolute atomic E-state index is 0.644. The van der Waals surface area contributed by atoms with Crippen molar-refractivity contribution in [1.82, 2.24) is 4.90 Å². The van der Waals surface area contributed by atoms with Crippen LogP contribution in [0.3, 0.4) is 0 Å². The van der Waals surface area contributed by atoms with Crippen LogP contribution in [0.1, 0.15) is 19.4 Å². The second-order valence-electron chi connectivity index (χ2n) is 6.22. The van der Waals surface area contributed by atoms with Gasteiger partial charge < -0.3 is 20.1 Å². The largest absolute Gasteiger partial charge is 0.492 e. The average Bonchev–Trinajstić information content (AvgIpc) is 2.70. The van der Waals surface area contributed by atoms with E-state index in [1.165, 1.54) is 11.8 Å². The van der Waals surface area contributed by atoms with Crippen LogP contribution in [0.2, 0.25) is 0 Å². The number of hydrogen-bond donors (Lipinski definition) is 3. The SMILES string of the molecule is CC.CN(CCOc1ccc(N)cc1)CCc1ccc(NS(C)=O)cc1.CS(N)=O. The molecule has 9 heteroatoms. The van der Waals surface area contributed by atoms with E-state index in [1.807, 2.05) is 50.2 Å². The Bertz CT molecular complexity index is 737. The summed E-state index contributed by atoms with van der Waals surface area (Å²) in [5.41, 5.74) is 8.53. The molecule has 2 unspecified atom stereocenters. The van der Waals surface area contributed by atoms with Gasteiger partial charge in [0.1, 0.15) is 23.3 Å². The molecular weight excluding hydrogens is 420 g/mol. The summed E-state index contributed by atoms with van der Waals surface area (Å²) in [6.07, 6.45) is 4.00. The molecule has 0 aromatic heterocycles. The van der Waals surface area contributed by atoms with Crippen LogP contribution in [0, 0.1) is 0 Å². The van der Waals surface area contributed by atoms with Gasteiger partial charge in [0, 0.05) is 37.0 Å². The van der Waals surface area contributed by atoms with Crippen LogP contribution in [0.15, 0.2) is 48.5 Å². The van der Waals surface area contributed by atoms with Gasteiger partial charge in [-0.3, -0.25) is 5.14 Å². The van der Waals surface area contributed by atoms with Gasteiger partial charge >= 0.3 is 0 Å². The van der Waals surface area contributed by atoms with E-state index >= 15 is 0 Å². The molecule has 0 saturated carbocycles. The quantitative estimate of drug-likeness (QED) is 0.503. The number of anilines is 2. The number of nitrogens with zero attached hydrogens (tertiary/aromatic N) is 1. The van der Waals surface area contributed by atoms with Crippen LogP contribution in [0.5, 0.6) is 5.75 Å². The van der Waals surface area contributed by atoms with Crippen molar-refractivity contribution in [3.05, 3.63) is 54.1 Å². The lowest BCUT2D eigenvalue weighted by Gasteiger charge is -2.17. The molecule has 0 saturated heterocycles. The standard InChI is InChI=1S/C18H25N3O2S.C2H6.CH5NOS/c1-21(13-14-23-18-9-5-16(19)6-10-18)12-11-15-3-7-17(8-4-15)20-24(2)22;1-2;1-4(2)3/h3-10,20H,11-14,19H2,1-2H3;1-2H3;2H2,1H3. The first-order valence-corrected chi connectivity index (χ1v) is 12.9. The topological polar surface area (TPSA) is 111 Å². The highest BCUT2D eigenvalue weighted by Crippen LogP contribution is 2.13. The van der Waals surface area contributed by atoms with Crippen LogP contribution >= 0.6 is 0 Å². The first-order valence-electron chi connectivity index (χ1n) is 9.70. The number of likely N-dealkylation sites (N-methyl/N-ethyl adjacent to an activating group) is 1. The zero-order chi connectivity index (χ0) is 22.9. The minimum atomic E-state index is -1.11. The number of nitrogen functional groups attached to an aromatic ring is 1. The Kier molecular flexibility index (Phi) is 15.7. The second kappa shape index (κ2) is 16.8. The van der Waals surface area contributed by atoms with E-state index in [2.05, 4.69) is 33.9 Å². The molecule has 0 bridgehead atoms. The van der Waals surface area contributed by atoms with Gasteiger partial charge in [-0.05, 0) is 55.4 Å². The van der Waals surface area contributed by atoms with Gasteiger partial charge in [-0.2, -0.15) is 0 Å². The molecule has 30 heavy (non-hydrogen) atoms. The van der Waals surface area contributed by atoms with E-state index in [0.29, 0.717) is 6.61 Å². The Morgan fingerprint density at radius 1 is 0.967 bits per heavy atom. The highest BCUT2D eigenvalue weighted by molar-refractivity contribution is 7.85. The van der Waals surface area contributed by atoms with Crippen molar-refractivity contribution >= 4 is 33.3 Å². The molecule has 0 spiro atoms. The third kappa shape index (κ3) is 15.0. The summed E-state index contributed by atoms with van der Waals surface area (Å²) in [5, 5.41) is 4.58. The van der Waals surface area contributed by atoms with Crippen molar-refractivity contribution < 1.29 is 13.2 Å². The number of ether oxygens (including phenoxy) is 1. The molecule has 0 heterocycles. The smallest absolute Gasteiger partial charge is 0.119 e. The zero-order valence-electron chi connectivity index (χ0n) is 18.6. The molecule has 2 atom stereocenters. The zero-order valence-corrected chi connectivity index (χ0v) is 20.2. The molecule has 7 nitrogen and oxygen atoms in total. The maximum absolute atomic E-state index is 11.1. The summed E-state index contributed by atoms with van der Waals surface area (Å²) in [7, 11) is -0.0597. The molecule has 0 aliphatic carbocycles. The maximum Gasteiger partial charge on any atom is 0.119 e. The van der Waals surface area contributed by atoms with Gasteiger partial charge in [-0.25, -0.2) is 8.42 Å². The predicted molar refractivity (Wildman–Crippen MR) is 131 cm³/mol. The first-order chi connectivity index (χ1) is 14.3. The van der Waals surface area contributed by atoms with E-state index in [4.69, 9.17) is 10.5 Å². The number of rotatable bonds is 9. The lowest BCUT2D eigenvalue weighted by molar-refractivity contribution is 0.239. The van der Waals surface area contributed by atoms with E-state index < -0.39 is 22.0 Å². The third-order valence-corrected chi connectivity index (χ3v) is 4.14. The van der Waals surface area contributed by atoms with Gasteiger partial charge in [0.2, 0.25) is 0 Å². The predicted octanol–water partition coefficient (Wildman–Crippen LogP) is 2.79. The number of benzene rings is 2. The molecule has 0 aliphatic heterocycles. The number of nitrogens with one attached hydrogen (secondary N) is 1. The molecule has 0 fully saturated rings. The molecular formula is C21H36N4O3S2. The average molecular weight is 457 g/mol. The molecule has 2 aromatic rings. The number of hydrogen-bond acceptors (Lipinski definition) is 5. The van der Waals surface area contributed by atoms with Crippen LogP contribution in [0.4, 0.5) is 11.4 Å². The van der Waals surface area contributed by atoms with Crippen molar-refractivity contribution in [3.8, 4) is 5.75 Å². The summed E-state index contributed by atoms with van der Waals surface area (Å²) in [6.45, 7) is 6.46. The monoisotopic (exact) mass is 456 g/mol. The molecule has 5 N–H and O–H groups in total. The van der Waals surface area contributed by atoms with E-state index in [0.717, 1.165) is 36.6 Å². The fraction of sp³-hybridized carbons (Fsp3) is 0.429. The highest BCUT2D eigenvalue weighted by atomic mass is 32.2. The maximum atomic E-state index is 11.1. The van der Waals surface area contributed by atoms with Crippen molar-refractivity contribution in [1.29, 1.82) is 0 Å². The Morgan fingerprint density at radius 3 is 2.00 bits per heavy atom. The van der Waals surface area contributed by atoms with Crippen LogP contribution in [-0.4, -0.2) is 52.6 Å². The molecule has 2 rings (SSSR count). The summed E-state index contributed by atoms with van der Waals surface area (Å²) >= 11 is 0. The molecule has 2 aromatic carbocycles. The Hall–Kier alpha value is -1.94. The van der Waals surface area contributed by atoms with Crippen LogP contribution in [0.25, 0.3) is 0 Å². The first kappa shape index (κ1) is 28.1. The number of nitrogens with two attached hydrogens (primary N) is 2. The Morgan fingerprint density at radius 2 is 1.50 bits per heavy atom. The lowest BCUT2D eigenvalue weighted by atomic mass is 10.1. The normalized spacial score (nSPS) is 12.0. The van der Waals surface area contributed by atoms with Crippen LogP contribution in [-0.2, 0) is 28.4 Å². The fourth-order valence-electron chi connectivity index (χ4n) is 2.22. The molecule has 170 valence electrons. The van der Waals surface area contributed by atoms with Gasteiger partial charge in [0.15, 0.2) is 0 Å². The summed E-state index contributed by atoms with van der Waals surface area (Å²) in [4.78, 5) is 2.24. The minimum Gasteiger partial charge on any atom is -0.492 e. The van der Waals surface area contributed by atoms with Gasteiger partial charge in [-0.15, -0.1) is 0 Å². The van der Waals surface area contributed by atoms with Gasteiger partial charge in [-0.1, -0.05) is 26.0 Å². The fourth-order valence-corrected chi connectivity index (χ4v) is 2.69. The molecule has 0 aliphatic rings. The molecule has 0 amide bonds. The lowest BCUT2D eigenvalue weighted by Crippen LogP contribution is -2.26. The summed E-state index contributed by atoms with van der Waals surface area (Å²) < 4.78 is 29.0. The van der Waals surface area contributed by atoms with E-state index in [9.17, 15) is 8.42 Å². The van der Waals surface area contributed by atoms with Crippen LogP contribution < -0.4 is 20.3 Å². The third-order valence-electron chi connectivity index (χ3n) is 3.62. The molecule has 0 radical (unpaired) electrons. The van der Waals surface area contributed by atoms with Gasteiger partial charge in [0.25, 0.3) is 0 Å². The second-order valence-corrected chi connectivity index (χ2v) is 8.33. The van der Waals surface area contributed by atoms with Crippen molar-refractivity contribution in [2.75, 3.05) is 49.7 Å². The Labute approximate surface area is 186 Å². The van der Waals surface area contributed by atoms with E-state index in [1.54, 1.807) is 6.26 Å². The van der Waals surface area contributed by atoms with Crippen molar-refractivity contribution in [2.24, 2.45) is 5.14 Å². The Balaban J connectivity index is 0.00000125. The van der Waals surface area contributed by atoms with Crippen molar-refractivity contribution in [2.45, 2.75) is 20.3 Å². The summed E-state index contributed by atoms with van der Waals surface area (Å²) in [5.74, 6) is 0.842. The van der Waals surface area contributed by atoms with E-state index in [-0.39, 0.29) is 0 Å². The highest BCUT2D eigenvalue weighted by Gasteiger charge is 2.02. The van der Waals surface area contributed by atoms with Gasteiger partial charge in [0.05, 0.1) is 11.0 Å². The van der Waals surface area contributed by atoms with Crippen molar-refractivity contribution in [3.63, 3.8) is 0 Å².